The van der Waals surface area contributed by atoms with Crippen LogP contribution in [0.4, 0.5) is 8.78 Å². The largest absolute Gasteiger partial charge is 0.493 e. The van der Waals surface area contributed by atoms with Crippen LogP contribution in [0.1, 0.15) is 31.4 Å². The first kappa shape index (κ1) is 21.8. The fourth-order valence-electron chi connectivity index (χ4n) is 4.05. The SMILES string of the molecule is COc1cc(C2NC(=S)N(C3CC3)C(C)=C2C(=O)N2CCOCC2)ccc1OC(F)F. The zero-order chi connectivity index (χ0) is 22.1. The number of benzene rings is 1. The molecule has 1 aromatic rings. The van der Waals surface area contributed by atoms with E-state index in [0.717, 1.165) is 18.5 Å². The van der Waals surface area contributed by atoms with Crippen LogP contribution in [0.15, 0.2) is 29.5 Å². The summed E-state index contributed by atoms with van der Waals surface area (Å²) in [6.45, 7) is 0.967. The van der Waals surface area contributed by atoms with E-state index in [4.69, 9.17) is 21.7 Å². The van der Waals surface area contributed by atoms with Crippen molar-refractivity contribution < 1.29 is 27.8 Å². The van der Waals surface area contributed by atoms with Crippen LogP contribution in [-0.4, -0.2) is 66.9 Å². The molecule has 1 saturated carbocycles. The van der Waals surface area contributed by atoms with Crippen molar-refractivity contribution in [2.45, 2.75) is 38.5 Å². The van der Waals surface area contributed by atoms with Gasteiger partial charge in [-0.2, -0.15) is 8.78 Å². The molecular weight excluding hydrogens is 428 g/mol. The zero-order valence-electron chi connectivity index (χ0n) is 17.4. The minimum absolute atomic E-state index is 0.0685. The lowest BCUT2D eigenvalue weighted by atomic mass is 9.93. The molecule has 2 fully saturated rings. The van der Waals surface area contributed by atoms with Crippen molar-refractivity contribution in [3.8, 4) is 11.5 Å². The molecule has 31 heavy (non-hydrogen) atoms. The normalized spacial score (nSPS) is 22.0. The number of morpholine rings is 1. The van der Waals surface area contributed by atoms with Gasteiger partial charge < -0.3 is 29.3 Å². The second-order valence-corrected chi connectivity index (χ2v) is 8.06. The maximum atomic E-state index is 13.6. The molecular formula is C21H25F2N3O4S. The minimum atomic E-state index is -2.96. The fraction of sp³-hybridized carbons (Fsp3) is 0.524. The maximum absolute atomic E-state index is 13.6. The molecule has 0 radical (unpaired) electrons. The van der Waals surface area contributed by atoms with Crippen LogP contribution in [0.5, 0.6) is 11.5 Å². The molecule has 2 aliphatic heterocycles. The van der Waals surface area contributed by atoms with Crippen LogP contribution in [-0.2, 0) is 9.53 Å². The molecule has 168 valence electrons. The summed E-state index contributed by atoms with van der Waals surface area (Å²) in [5.41, 5.74) is 2.08. The van der Waals surface area contributed by atoms with Gasteiger partial charge in [0, 0.05) is 24.8 Å². The van der Waals surface area contributed by atoms with Crippen LogP contribution in [0.25, 0.3) is 0 Å². The third-order valence-electron chi connectivity index (χ3n) is 5.70. The topological polar surface area (TPSA) is 63.3 Å². The first-order valence-electron chi connectivity index (χ1n) is 10.2. The van der Waals surface area contributed by atoms with Crippen molar-refractivity contribution in [3.63, 3.8) is 0 Å². The number of halogens is 2. The Balaban J connectivity index is 1.74. The van der Waals surface area contributed by atoms with E-state index in [1.807, 2.05) is 11.8 Å². The van der Waals surface area contributed by atoms with Crippen molar-refractivity contribution in [2.75, 3.05) is 33.4 Å². The highest BCUT2D eigenvalue weighted by atomic mass is 32.1. The van der Waals surface area contributed by atoms with E-state index in [1.54, 1.807) is 17.0 Å². The second kappa shape index (κ2) is 8.96. The van der Waals surface area contributed by atoms with Crippen molar-refractivity contribution in [3.05, 3.63) is 35.0 Å². The van der Waals surface area contributed by atoms with Gasteiger partial charge >= 0.3 is 6.61 Å². The molecule has 2 heterocycles. The number of nitrogens with one attached hydrogen (secondary N) is 1. The minimum Gasteiger partial charge on any atom is -0.493 e. The molecule has 1 saturated heterocycles. The van der Waals surface area contributed by atoms with E-state index in [2.05, 4.69) is 10.1 Å². The standard InChI is InChI=1S/C21H25F2N3O4S/c1-12-17(19(27)25-7-9-29-10-8-25)18(24-21(31)26(12)14-4-5-14)13-3-6-15(30-20(22)23)16(11-13)28-2/h3,6,11,14,18,20H,4-5,7-10H2,1-2H3,(H,24,31). The van der Waals surface area contributed by atoms with Gasteiger partial charge in [-0.25, -0.2) is 0 Å². The quantitative estimate of drug-likeness (QED) is 0.665. The molecule has 0 spiro atoms. The first-order chi connectivity index (χ1) is 14.9. The lowest BCUT2D eigenvalue weighted by Gasteiger charge is -2.40. The predicted molar refractivity (Wildman–Crippen MR) is 113 cm³/mol. The van der Waals surface area contributed by atoms with Gasteiger partial charge in [-0.1, -0.05) is 6.07 Å². The Morgan fingerprint density at radius 2 is 1.97 bits per heavy atom. The number of carbonyl (C=O) groups is 1. The Morgan fingerprint density at radius 3 is 2.58 bits per heavy atom. The van der Waals surface area contributed by atoms with Crippen molar-refractivity contribution in [2.24, 2.45) is 0 Å². The third-order valence-corrected chi connectivity index (χ3v) is 6.02. The molecule has 1 N–H and O–H groups in total. The molecule has 1 unspecified atom stereocenters. The summed E-state index contributed by atoms with van der Waals surface area (Å²) in [5.74, 6) is 0.00490. The van der Waals surface area contributed by atoms with Gasteiger partial charge in [0.25, 0.3) is 5.91 Å². The van der Waals surface area contributed by atoms with Crippen LogP contribution >= 0.6 is 12.2 Å². The van der Waals surface area contributed by atoms with E-state index in [1.165, 1.54) is 13.2 Å². The zero-order valence-corrected chi connectivity index (χ0v) is 18.2. The lowest BCUT2D eigenvalue weighted by molar-refractivity contribution is -0.131. The lowest BCUT2D eigenvalue weighted by Crippen LogP contribution is -2.51. The number of methoxy groups -OCH3 is 1. The Bertz CT molecular complexity index is 901. The first-order valence-corrected chi connectivity index (χ1v) is 10.6. The van der Waals surface area contributed by atoms with Gasteiger partial charge in [-0.15, -0.1) is 0 Å². The maximum Gasteiger partial charge on any atom is 0.387 e. The van der Waals surface area contributed by atoms with Crippen LogP contribution in [0.2, 0.25) is 0 Å². The number of alkyl halides is 2. The van der Waals surface area contributed by atoms with E-state index in [-0.39, 0.29) is 17.4 Å². The van der Waals surface area contributed by atoms with Gasteiger partial charge in [0.05, 0.1) is 31.9 Å². The molecule has 0 aromatic heterocycles. The third kappa shape index (κ3) is 4.45. The van der Waals surface area contributed by atoms with E-state index in [0.29, 0.717) is 48.6 Å². The van der Waals surface area contributed by atoms with Gasteiger partial charge in [0.2, 0.25) is 0 Å². The summed E-state index contributed by atoms with van der Waals surface area (Å²) in [4.78, 5) is 17.4. The van der Waals surface area contributed by atoms with Gasteiger partial charge in [0.1, 0.15) is 0 Å². The highest BCUT2D eigenvalue weighted by Crippen LogP contribution is 2.40. The summed E-state index contributed by atoms with van der Waals surface area (Å²) in [6.07, 6.45) is 2.05. The van der Waals surface area contributed by atoms with Gasteiger partial charge in [-0.3, -0.25) is 4.79 Å². The number of amides is 1. The molecule has 4 rings (SSSR count). The number of carbonyl (C=O) groups excluding carboxylic acids is 1. The molecule has 1 aliphatic carbocycles. The number of hydrogen-bond donors (Lipinski definition) is 1. The highest BCUT2D eigenvalue weighted by Gasteiger charge is 2.41. The molecule has 3 aliphatic rings. The van der Waals surface area contributed by atoms with Gasteiger partial charge in [0.15, 0.2) is 16.6 Å². The smallest absolute Gasteiger partial charge is 0.387 e. The predicted octanol–water partition coefficient (Wildman–Crippen LogP) is 2.82. The second-order valence-electron chi connectivity index (χ2n) is 7.68. The summed E-state index contributed by atoms with van der Waals surface area (Å²) in [6, 6.07) is 4.43. The Kier molecular flexibility index (Phi) is 6.29. The average molecular weight is 454 g/mol. The number of hydrogen-bond acceptors (Lipinski definition) is 5. The van der Waals surface area contributed by atoms with E-state index >= 15 is 0 Å². The van der Waals surface area contributed by atoms with Crippen molar-refractivity contribution >= 4 is 23.2 Å². The molecule has 0 bridgehead atoms. The summed E-state index contributed by atoms with van der Waals surface area (Å²) in [5, 5.41) is 3.84. The number of nitrogens with zero attached hydrogens (tertiary/aromatic N) is 2. The highest BCUT2D eigenvalue weighted by molar-refractivity contribution is 7.80. The monoisotopic (exact) mass is 453 g/mol. The Hall–Kier alpha value is -2.46. The average Bonchev–Trinajstić information content (AvgIpc) is 3.58. The molecule has 1 amide bonds. The number of thiocarbonyl (C=S) groups is 1. The van der Waals surface area contributed by atoms with Crippen LogP contribution in [0, 0.1) is 0 Å². The summed E-state index contributed by atoms with van der Waals surface area (Å²) < 4.78 is 40.6. The Morgan fingerprint density at radius 1 is 1.26 bits per heavy atom. The van der Waals surface area contributed by atoms with Gasteiger partial charge in [-0.05, 0) is 49.7 Å². The molecule has 1 atom stereocenters. The number of rotatable bonds is 6. The fourth-order valence-corrected chi connectivity index (χ4v) is 4.45. The van der Waals surface area contributed by atoms with Crippen LogP contribution < -0.4 is 14.8 Å². The molecule has 7 nitrogen and oxygen atoms in total. The summed E-state index contributed by atoms with van der Waals surface area (Å²) >= 11 is 5.62. The van der Waals surface area contributed by atoms with Crippen LogP contribution in [0.3, 0.4) is 0 Å². The van der Waals surface area contributed by atoms with Crippen molar-refractivity contribution in [1.29, 1.82) is 0 Å². The Labute approximate surface area is 184 Å². The molecule has 10 heteroatoms. The summed E-state index contributed by atoms with van der Waals surface area (Å²) in [7, 11) is 1.38. The number of allylic oxidation sites excluding steroid dienone is 1. The van der Waals surface area contributed by atoms with E-state index < -0.39 is 12.7 Å². The van der Waals surface area contributed by atoms with E-state index in [9.17, 15) is 13.6 Å². The van der Waals surface area contributed by atoms with Crippen molar-refractivity contribution in [1.82, 2.24) is 15.1 Å². The molecule has 1 aromatic carbocycles. The number of ether oxygens (including phenoxy) is 3.